The Labute approximate surface area is 75.2 Å². The summed E-state index contributed by atoms with van der Waals surface area (Å²) in [5.41, 5.74) is 5.85. The van der Waals surface area contributed by atoms with Gasteiger partial charge in [0.25, 0.3) is 0 Å². The highest BCUT2D eigenvalue weighted by Gasteiger charge is 2.16. The zero-order valence-corrected chi connectivity index (χ0v) is 8.38. The predicted octanol–water partition coefficient (Wildman–Crippen LogP) is 1.17. The van der Waals surface area contributed by atoms with Gasteiger partial charge in [-0.05, 0) is 13.3 Å². The van der Waals surface area contributed by atoms with Crippen LogP contribution in [0.15, 0.2) is 0 Å². The number of rotatable bonds is 7. The quantitative estimate of drug-likeness (QED) is 0.631. The van der Waals surface area contributed by atoms with E-state index in [2.05, 4.69) is 6.92 Å². The van der Waals surface area contributed by atoms with Crippen molar-refractivity contribution in [1.29, 1.82) is 0 Å². The lowest BCUT2D eigenvalue weighted by Crippen LogP contribution is -2.40. The van der Waals surface area contributed by atoms with E-state index in [-0.39, 0.29) is 12.1 Å². The molecule has 0 aromatic heterocycles. The molecule has 3 heteroatoms. The molecule has 2 atom stereocenters. The van der Waals surface area contributed by atoms with Crippen molar-refractivity contribution in [3.63, 3.8) is 0 Å². The molecule has 0 saturated heterocycles. The SMILES string of the molecule is CCCC(OCC)C(N)COC. The van der Waals surface area contributed by atoms with E-state index in [0.29, 0.717) is 6.61 Å². The van der Waals surface area contributed by atoms with Crippen LogP contribution in [0.4, 0.5) is 0 Å². The van der Waals surface area contributed by atoms with Crippen LogP contribution < -0.4 is 5.73 Å². The van der Waals surface area contributed by atoms with Crippen molar-refractivity contribution >= 4 is 0 Å². The highest BCUT2D eigenvalue weighted by atomic mass is 16.5. The van der Waals surface area contributed by atoms with E-state index in [4.69, 9.17) is 15.2 Å². The first-order valence-corrected chi connectivity index (χ1v) is 4.62. The molecule has 0 aromatic rings. The van der Waals surface area contributed by atoms with E-state index in [1.165, 1.54) is 0 Å². The third kappa shape index (κ3) is 4.70. The van der Waals surface area contributed by atoms with E-state index in [0.717, 1.165) is 19.4 Å². The van der Waals surface area contributed by atoms with Gasteiger partial charge in [-0.25, -0.2) is 0 Å². The van der Waals surface area contributed by atoms with E-state index in [1.54, 1.807) is 7.11 Å². The van der Waals surface area contributed by atoms with Gasteiger partial charge in [0.15, 0.2) is 0 Å². The Bertz CT molecular complexity index is 92.5. The number of hydrogen-bond donors (Lipinski definition) is 1. The fraction of sp³-hybridized carbons (Fsp3) is 1.00. The summed E-state index contributed by atoms with van der Waals surface area (Å²) in [6, 6.07) is 0.00917. The second-order valence-electron chi connectivity index (χ2n) is 2.90. The van der Waals surface area contributed by atoms with Gasteiger partial charge in [0.1, 0.15) is 0 Å². The van der Waals surface area contributed by atoms with Crippen LogP contribution >= 0.6 is 0 Å². The van der Waals surface area contributed by atoms with E-state index < -0.39 is 0 Å². The second kappa shape index (κ2) is 7.53. The molecule has 0 aliphatic heterocycles. The van der Waals surface area contributed by atoms with Crippen LogP contribution in [0.2, 0.25) is 0 Å². The van der Waals surface area contributed by atoms with Crippen molar-refractivity contribution in [2.75, 3.05) is 20.3 Å². The number of hydrogen-bond acceptors (Lipinski definition) is 3. The normalized spacial score (nSPS) is 16.0. The number of nitrogens with two attached hydrogens (primary N) is 1. The van der Waals surface area contributed by atoms with Gasteiger partial charge >= 0.3 is 0 Å². The van der Waals surface area contributed by atoms with Crippen LogP contribution in [-0.2, 0) is 9.47 Å². The molecule has 0 fully saturated rings. The van der Waals surface area contributed by atoms with Crippen LogP contribution in [0.5, 0.6) is 0 Å². The van der Waals surface area contributed by atoms with Gasteiger partial charge in [0.05, 0.1) is 18.8 Å². The summed E-state index contributed by atoms with van der Waals surface area (Å²) >= 11 is 0. The Hall–Kier alpha value is -0.120. The maximum atomic E-state index is 5.85. The Morgan fingerprint density at radius 1 is 1.33 bits per heavy atom. The first kappa shape index (κ1) is 11.9. The molecule has 0 radical (unpaired) electrons. The minimum absolute atomic E-state index is 0.00917. The molecule has 0 rings (SSSR count). The average molecular weight is 175 g/mol. The van der Waals surface area contributed by atoms with Gasteiger partial charge < -0.3 is 15.2 Å². The van der Waals surface area contributed by atoms with Crippen molar-refractivity contribution in [2.24, 2.45) is 5.73 Å². The lowest BCUT2D eigenvalue weighted by molar-refractivity contribution is 0.0158. The molecule has 0 saturated carbocycles. The minimum Gasteiger partial charge on any atom is -0.383 e. The predicted molar refractivity (Wildman–Crippen MR) is 50.2 cm³/mol. The molecule has 74 valence electrons. The third-order valence-electron chi connectivity index (χ3n) is 1.79. The van der Waals surface area contributed by atoms with Gasteiger partial charge in [-0.2, -0.15) is 0 Å². The summed E-state index contributed by atoms with van der Waals surface area (Å²) in [7, 11) is 1.66. The smallest absolute Gasteiger partial charge is 0.0748 e. The standard InChI is InChI=1S/C9H21NO2/c1-4-6-9(12-5-2)8(10)7-11-3/h8-9H,4-7,10H2,1-3H3. The Kier molecular flexibility index (Phi) is 7.45. The highest BCUT2D eigenvalue weighted by Crippen LogP contribution is 2.05. The molecular weight excluding hydrogens is 154 g/mol. The van der Waals surface area contributed by atoms with Crippen molar-refractivity contribution in [1.82, 2.24) is 0 Å². The molecule has 0 heterocycles. The molecule has 0 bridgehead atoms. The molecule has 0 aromatic carbocycles. The second-order valence-corrected chi connectivity index (χ2v) is 2.90. The fourth-order valence-electron chi connectivity index (χ4n) is 1.22. The lowest BCUT2D eigenvalue weighted by atomic mass is 10.1. The lowest BCUT2D eigenvalue weighted by Gasteiger charge is -2.22. The number of ether oxygens (including phenoxy) is 2. The monoisotopic (exact) mass is 175 g/mol. The Morgan fingerprint density at radius 2 is 2.00 bits per heavy atom. The first-order valence-electron chi connectivity index (χ1n) is 4.62. The molecule has 2 unspecified atom stereocenters. The maximum absolute atomic E-state index is 5.85. The van der Waals surface area contributed by atoms with Crippen LogP contribution in [0, 0.1) is 0 Å². The van der Waals surface area contributed by atoms with Gasteiger partial charge in [0.2, 0.25) is 0 Å². The number of methoxy groups -OCH3 is 1. The molecule has 0 aliphatic carbocycles. The fourth-order valence-corrected chi connectivity index (χ4v) is 1.22. The van der Waals surface area contributed by atoms with Crippen molar-refractivity contribution in [2.45, 2.75) is 38.8 Å². The summed E-state index contributed by atoms with van der Waals surface area (Å²) in [5, 5.41) is 0. The average Bonchev–Trinajstić information content (AvgIpc) is 2.04. The van der Waals surface area contributed by atoms with Crippen LogP contribution in [0.3, 0.4) is 0 Å². The molecule has 0 spiro atoms. The van der Waals surface area contributed by atoms with Crippen molar-refractivity contribution < 1.29 is 9.47 Å². The van der Waals surface area contributed by atoms with Crippen molar-refractivity contribution in [3.05, 3.63) is 0 Å². The maximum Gasteiger partial charge on any atom is 0.0748 e. The van der Waals surface area contributed by atoms with Gasteiger partial charge in [-0.3, -0.25) is 0 Å². The zero-order valence-electron chi connectivity index (χ0n) is 8.38. The molecule has 0 amide bonds. The van der Waals surface area contributed by atoms with E-state index in [1.807, 2.05) is 6.92 Å². The minimum atomic E-state index is 0.00917. The summed E-state index contributed by atoms with van der Waals surface area (Å²) in [5.74, 6) is 0. The highest BCUT2D eigenvalue weighted by molar-refractivity contribution is 4.72. The van der Waals surface area contributed by atoms with Crippen LogP contribution in [0.25, 0.3) is 0 Å². The summed E-state index contributed by atoms with van der Waals surface area (Å²) in [6.45, 7) is 5.42. The molecule has 2 N–H and O–H groups in total. The summed E-state index contributed by atoms with van der Waals surface area (Å²) < 4.78 is 10.5. The van der Waals surface area contributed by atoms with Gasteiger partial charge in [-0.1, -0.05) is 13.3 Å². The Morgan fingerprint density at radius 3 is 2.42 bits per heavy atom. The topological polar surface area (TPSA) is 44.5 Å². The summed E-state index contributed by atoms with van der Waals surface area (Å²) in [6.07, 6.45) is 2.26. The Balaban J connectivity index is 3.72. The van der Waals surface area contributed by atoms with E-state index in [9.17, 15) is 0 Å². The first-order chi connectivity index (χ1) is 5.76. The van der Waals surface area contributed by atoms with Crippen LogP contribution in [0.1, 0.15) is 26.7 Å². The third-order valence-corrected chi connectivity index (χ3v) is 1.79. The van der Waals surface area contributed by atoms with Gasteiger partial charge in [0, 0.05) is 13.7 Å². The molecule has 3 nitrogen and oxygen atoms in total. The molecule has 12 heavy (non-hydrogen) atoms. The van der Waals surface area contributed by atoms with E-state index >= 15 is 0 Å². The van der Waals surface area contributed by atoms with Crippen LogP contribution in [-0.4, -0.2) is 32.5 Å². The zero-order chi connectivity index (χ0) is 9.40. The van der Waals surface area contributed by atoms with Gasteiger partial charge in [-0.15, -0.1) is 0 Å². The molecule has 0 aliphatic rings. The summed E-state index contributed by atoms with van der Waals surface area (Å²) in [4.78, 5) is 0. The largest absolute Gasteiger partial charge is 0.383 e. The molecular formula is C9H21NO2. The van der Waals surface area contributed by atoms with Crippen molar-refractivity contribution in [3.8, 4) is 0 Å².